The zero-order chi connectivity index (χ0) is 14.7. The maximum atomic E-state index is 13.6. The number of benzene rings is 1. The molecular formula is C14H19FN2O2S. The van der Waals surface area contributed by atoms with Gasteiger partial charge in [0.05, 0.1) is 17.0 Å². The number of ether oxygens (including phenoxy) is 1. The molecule has 1 aliphatic heterocycles. The molecule has 0 spiro atoms. The van der Waals surface area contributed by atoms with Crippen molar-refractivity contribution >= 4 is 29.0 Å². The van der Waals surface area contributed by atoms with Gasteiger partial charge in [0.1, 0.15) is 5.82 Å². The van der Waals surface area contributed by atoms with Crippen molar-refractivity contribution in [3.63, 3.8) is 0 Å². The largest absolute Gasteiger partial charge is 0.399 e. The molecule has 3 N–H and O–H groups in total. The highest BCUT2D eigenvalue weighted by Crippen LogP contribution is 2.30. The van der Waals surface area contributed by atoms with Gasteiger partial charge >= 0.3 is 0 Å². The topological polar surface area (TPSA) is 64.3 Å². The Balaban J connectivity index is 1.95. The van der Waals surface area contributed by atoms with Gasteiger partial charge in [0.15, 0.2) is 0 Å². The fraction of sp³-hybridized carbons (Fsp3) is 0.500. The lowest BCUT2D eigenvalue weighted by molar-refractivity contribution is -0.115. The van der Waals surface area contributed by atoms with Crippen LogP contribution in [0.3, 0.4) is 0 Å². The van der Waals surface area contributed by atoms with Crippen molar-refractivity contribution in [2.75, 3.05) is 17.7 Å². The van der Waals surface area contributed by atoms with E-state index in [0.717, 1.165) is 13.0 Å². The van der Waals surface area contributed by atoms with E-state index in [-0.39, 0.29) is 22.9 Å². The molecule has 1 aromatic carbocycles. The molecule has 1 amide bonds. The van der Waals surface area contributed by atoms with E-state index in [1.54, 1.807) is 11.8 Å². The molecule has 2 rings (SSSR count). The molecule has 1 aliphatic rings. The zero-order valence-electron chi connectivity index (χ0n) is 11.6. The number of carbonyl (C=O) groups is 1. The number of nitrogens with one attached hydrogen (secondary N) is 1. The SMILES string of the molecule is CC(SC1CCOC1C)C(=O)Nc1cc(N)ccc1F. The summed E-state index contributed by atoms with van der Waals surface area (Å²) in [5, 5.41) is 2.62. The van der Waals surface area contributed by atoms with Crippen LogP contribution in [-0.4, -0.2) is 29.1 Å². The van der Waals surface area contributed by atoms with Crippen LogP contribution in [-0.2, 0) is 9.53 Å². The van der Waals surface area contributed by atoms with E-state index >= 15 is 0 Å². The van der Waals surface area contributed by atoms with E-state index in [0.29, 0.717) is 10.9 Å². The van der Waals surface area contributed by atoms with Crippen LogP contribution in [0.4, 0.5) is 15.8 Å². The number of anilines is 2. The highest BCUT2D eigenvalue weighted by Gasteiger charge is 2.28. The minimum atomic E-state index is -0.484. The molecule has 1 fully saturated rings. The van der Waals surface area contributed by atoms with Gasteiger partial charge < -0.3 is 15.8 Å². The van der Waals surface area contributed by atoms with Crippen LogP contribution < -0.4 is 11.1 Å². The fourth-order valence-corrected chi connectivity index (χ4v) is 3.33. The number of amides is 1. The van der Waals surface area contributed by atoms with Crippen LogP contribution in [0.5, 0.6) is 0 Å². The van der Waals surface area contributed by atoms with Crippen LogP contribution in [0.25, 0.3) is 0 Å². The van der Waals surface area contributed by atoms with E-state index in [1.165, 1.54) is 18.2 Å². The number of thioether (sulfide) groups is 1. The summed E-state index contributed by atoms with van der Waals surface area (Å²) in [4.78, 5) is 12.1. The van der Waals surface area contributed by atoms with E-state index in [2.05, 4.69) is 5.32 Å². The van der Waals surface area contributed by atoms with Gasteiger partial charge in [-0.15, -0.1) is 11.8 Å². The maximum Gasteiger partial charge on any atom is 0.237 e. The first-order valence-corrected chi connectivity index (χ1v) is 7.54. The van der Waals surface area contributed by atoms with Crippen molar-refractivity contribution in [1.82, 2.24) is 0 Å². The Morgan fingerprint density at radius 2 is 2.35 bits per heavy atom. The van der Waals surface area contributed by atoms with Crippen molar-refractivity contribution in [3.8, 4) is 0 Å². The molecule has 3 unspecified atom stereocenters. The molecule has 1 saturated heterocycles. The van der Waals surface area contributed by atoms with Crippen LogP contribution in [0.2, 0.25) is 0 Å². The highest BCUT2D eigenvalue weighted by molar-refractivity contribution is 8.01. The summed E-state index contributed by atoms with van der Waals surface area (Å²) in [5.74, 6) is -0.707. The normalized spacial score (nSPS) is 23.6. The first kappa shape index (κ1) is 15.1. The Labute approximate surface area is 122 Å². The lowest BCUT2D eigenvalue weighted by Crippen LogP contribution is -2.27. The minimum Gasteiger partial charge on any atom is -0.399 e. The average Bonchev–Trinajstić information content (AvgIpc) is 2.79. The van der Waals surface area contributed by atoms with Crippen LogP contribution >= 0.6 is 11.8 Å². The number of halogens is 1. The summed E-state index contributed by atoms with van der Waals surface area (Å²) in [6.45, 7) is 4.55. The Bertz CT molecular complexity index is 498. The molecule has 0 bridgehead atoms. The van der Waals surface area contributed by atoms with Crippen molar-refractivity contribution in [3.05, 3.63) is 24.0 Å². The van der Waals surface area contributed by atoms with Crippen molar-refractivity contribution < 1.29 is 13.9 Å². The van der Waals surface area contributed by atoms with E-state index in [1.807, 2.05) is 13.8 Å². The number of carbonyl (C=O) groups excluding carboxylic acids is 1. The molecule has 0 saturated carbocycles. The van der Waals surface area contributed by atoms with E-state index < -0.39 is 5.82 Å². The lowest BCUT2D eigenvalue weighted by Gasteiger charge is -2.18. The smallest absolute Gasteiger partial charge is 0.237 e. The fourth-order valence-electron chi connectivity index (χ4n) is 2.09. The molecule has 1 heterocycles. The summed E-state index contributed by atoms with van der Waals surface area (Å²) in [7, 11) is 0. The first-order valence-electron chi connectivity index (χ1n) is 6.60. The summed E-state index contributed by atoms with van der Waals surface area (Å²) in [6.07, 6.45) is 1.09. The van der Waals surface area contributed by atoms with Crippen molar-refractivity contribution in [2.24, 2.45) is 0 Å². The first-order chi connectivity index (χ1) is 9.47. The average molecular weight is 298 g/mol. The summed E-state index contributed by atoms with van der Waals surface area (Å²) >= 11 is 1.56. The second kappa shape index (κ2) is 6.45. The van der Waals surface area contributed by atoms with Gasteiger partial charge in [-0.05, 0) is 38.5 Å². The lowest BCUT2D eigenvalue weighted by atomic mass is 10.2. The van der Waals surface area contributed by atoms with E-state index in [9.17, 15) is 9.18 Å². The molecule has 20 heavy (non-hydrogen) atoms. The second-order valence-corrected chi connectivity index (χ2v) is 6.49. The molecule has 0 aliphatic carbocycles. The number of rotatable bonds is 4. The second-order valence-electron chi connectivity index (χ2n) is 4.91. The van der Waals surface area contributed by atoms with Crippen molar-refractivity contribution in [2.45, 2.75) is 36.9 Å². The van der Waals surface area contributed by atoms with Gasteiger partial charge in [-0.2, -0.15) is 0 Å². The molecule has 1 aromatic rings. The highest BCUT2D eigenvalue weighted by atomic mass is 32.2. The van der Waals surface area contributed by atoms with Gasteiger partial charge in [0.25, 0.3) is 0 Å². The zero-order valence-corrected chi connectivity index (χ0v) is 12.4. The van der Waals surface area contributed by atoms with Crippen molar-refractivity contribution in [1.29, 1.82) is 0 Å². The van der Waals surface area contributed by atoms with E-state index in [4.69, 9.17) is 10.5 Å². The van der Waals surface area contributed by atoms with Gasteiger partial charge in [-0.1, -0.05) is 0 Å². The molecule has 110 valence electrons. The Kier molecular flexibility index (Phi) is 4.88. The third kappa shape index (κ3) is 3.64. The number of nitrogens with two attached hydrogens (primary N) is 1. The summed E-state index contributed by atoms with van der Waals surface area (Å²) in [5.41, 5.74) is 6.13. The third-order valence-electron chi connectivity index (χ3n) is 3.30. The van der Waals surface area contributed by atoms with Gasteiger partial charge in [-0.25, -0.2) is 4.39 Å². The molecule has 0 radical (unpaired) electrons. The van der Waals surface area contributed by atoms with Gasteiger partial charge in [0, 0.05) is 17.5 Å². The standard InChI is InChI=1S/C14H19FN2O2S/c1-8-13(5-6-19-8)20-9(2)14(18)17-12-7-10(16)3-4-11(12)15/h3-4,7-9,13H,5-6,16H2,1-2H3,(H,17,18). The predicted molar refractivity (Wildman–Crippen MR) is 80.3 cm³/mol. The maximum absolute atomic E-state index is 13.6. The molecule has 3 atom stereocenters. The third-order valence-corrected chi connectivity index (χ3v) is 4.89. The Morgan fingerprint density at radius 3 is 3.00 bits per heavy atom. The monoisotopic (exact) mass is 298 g/mol. The molecule has 0 aromatic heterocycles. The minimum absolute atomic E-state index is 0.123. The Morgan fingerprint density at radius 1 is 1.60 bits per heavy atom. The quantitative estimate of drug-likeness (QED) is 0.839. The summed E-state index contributed by atoms with van der Waals surface area (Å²) in [6, 6.07) is 4.13. The predicted octanol–water partition coefficient (Wildman–Crippen LogP) is 2.65. The number of hydrogen-bond acceptors (Lipinski definition) is 4. The van der Waals surface area contributed by atoms with Gasteiger partial charge in [-0.3, -0.25) is 4.79 Å². The molecule has 4 nitrogen and oxygen atoms in total. The Hall–Kier alpha value is -1.27. The number of nitrogen functional groups attached to an aromatic ring is 1. The van der Waals surface area contributed by atoms with Crippen LogP contribution in [0, 0.1) is 5.82 Å². The van der Waals surface area contributed by atoms with Crippen LogP contribution in [0.15, 0.2) is 18.2 Å². The number of hydrogen-bond donors (Lipinski definition) is 2. The molecular weight excluding hydrogens is 279 g/mol. The summed E-state index contributed by atoms with van der Waals surface area (Å²) < 4.78 is 19.0. The van der Waals surface area contributed by atoms with Gasteiger partial charge in [0.2, 0.25) is 5.91 Å². The van der Waals surface area contributed by atoms with Crippen LogP contribution in [0.1, 0.15) is 20.3 Å². The molecule has 6 heteroatoms.